The van der Waals surface area contributed by atoms with Crippen LogP contribution >= 0.6 is 11.3 Å². The third kappa shape index (κ3) is 3.66. The van der Waals surface area contributed by atoms with Crippen molar-refractivity contribution in [3.63, 3.8) is 0 Å². The fraction of sp³-hybridized carbons (Fsp3) is 0.238. The van der Waals surface area contributed by atoms with Crippen molar-refractivity contribution in [3.05, 3.63) is 53.5 Å². The molecule has 140 valence electrons. The number of ether oxygens (including phenoxy) is 2. The summed E-state index contributed by atoms with van der Waals surface area (Å²) < 4.78 is 10.5. The number of carbonyl (C=O) groups is 1. The summed E-state index contributed by atoms with van der Waals surface area (Å²) in [5.41, 5.74) is 1.56. The van der Waals surface area contributed by atoms with Gasteiger partial charge in [-0.3, -0.25) is 4.79 Å². The summed E-state index contributed by atoms with van der Waals surface area (Å²) in [7, 11) is 3.24. The largest absolute Gasteiger partial charge is 0.497 e. The van der Waals surface area contributed by atoms with E-state index in [-0.39, 0.29) is 0 Å². The average Bonchev–Trinajstić information content (AvgIpc) is 3.14. The molecular weight excluding hydrogens is 362 g/mol. The Morgan fingerprint density at radius 2 is 1.41 bits per heavy atom. The molecule has 1 heterocycles. The first-order chi connectivity index (χ1) is 12.9. The summed E-state index contributed by atoms with van der Waals surface area (Å²) in [4.78, 5) is 17.4. The van der Waals surface area contributed by atoms with Gasteiger partial charge in [0.15, 0.2) is 0 Å². The van der Waals surface area contributed by atoms with Crippen molar-refractivity contribution in [2.45, 2.75) is 19.3 Å². The molecule has 0 aliphatic carbocycles. The van der Waals surface area contributed by atoms with Crippen LogP contribution in [0.4, 0.5) is 0 Å². The lowest BCUT2D eigenvalue weighted by atomic mass is 9.95. The van der Waals surface area contributed by atoms with Crippen LogP contribution in [0.25, 0.3) is 21.7 Å². The summed E-state index contributed by atoms with van der Waals surface area (Å²) >= 11 is 1.40. The van der Waals surface area contributed by atoms with Gasteiger partial charge < -0.3 is 14.6 Å². The molecule has 0 bridgehead atoms. The van der Waals surface area contributed by atoms with E-state index >= 15 is 0 Å². The highest BCUT2D eigenvalue weighted by atomic mass is 32.1. The highest BCUT2D eigenvalue weighted by Gasteiger charge is 2.34. The number of aliphatic carboxylic acids is 1. The lowest BCUT2D eigenvalue weighted by molar-refractivity contribution is -0.142. The summed E-state index contributed by atoms with van der Waals surface area (Å²) in [6, 6.07) is 15.3. The van der Waals surface area contributed by atoms with Gasteiger partial charge in [-0.2, -0.15) is 0 Å². The fourth-order valence-electron chi connectivity index (χ4n) is 2.56. The SMILES string of the molecule is COc1ccc(-c2nc(C(C)(C)C(=O)O)sc2-c2ccc(OC)cc2)cc1. The normalized spacial score (nSPS) is 11.3. The number of thiazole rings is 1. The van der Waals surface area contributed by atoms with Crippen molar-refractivity contribution in [1.29, 1.82) is 0 Å². The quantitative estimate of drug-likeness (QED) is 0.658. The molecule has 3 aromatic rings. The predicted octanol–water partition coefficient (Wildman–Crippen LogP) is 4.86. The number of methoxy groups -OCH3 is 2. The second-order valence-corrected chi connectivity index (χ2v) is 7.58. The Hall–Kier alpha value is -2.86. The van der Waals surface area contributed by atoms with Crippen molar-refractivity contribution in [2.75, 3.05) is 14.2 Å². The minimum Gasteiger partial charge on any atom is -0.497 e. The van der Waals surface area contributed by atoms with Gasteiger partial charge in [-0.05, 0) is 67.9 Å². The van der Waals surface area contributed by atoms with E-state index in [1.165, 1.54) is 11.3 Å². The Morgan fingerprint density at radius 1 is 0.926 bits per heavy atom. The van der Waals surface area contributed by atoms with Crippen molar-refractivity contribution in [2.24, 2.45) is 0 Å². The Morgan fingerprint density at radius 3 is 1.85 bits per heavy atom. The van der Waals surface area contributed by atoms with Crippen LogP contribution in [0.15, 0.2) is 48.5 Å². The van der Waals surface area contributed by atoms with E-state index in [1.807, 2.05) is 48.5 Å². The Balaban J connectivity index is 2.16. The molecule has 0 saturated carbocycles. The zero-order valence-corrected chi connectivity index (χ0v) is 16.5. The standard InChI is InChI=1S/C21H21NO4S/c1-21(2,20(23)24)19-22-17(13-5-9-15(25-3)10-6-13)18(27-19)14-7-11-16(26-4)12-8-14/h5-12H,1-4H3,(H,23,24). The van der Waals surface area contributed by atoms with E-state index in [0.29, 0.717) is 5.01 Å². The van der Waals surface area contributed by atoms with E-state index < -0.39 is 11.4 Å². The van der Waals surface area contributed by atoms with Gasteiger partial charge in [0.2, 0.25) is 0 Å². The highest BCUT2D eigenvalue weighted by molar-refractivity contribution is 7.16. The van der Waals surface area contributed by atoms with Gasteiger partial charge in [0.1, 0.15) is 21.9 Å². The number of aromatic nitrogens is 1. The number of hydrogen-bond acceptors (Lipinski definition) is 5. The minimum absolute atomic E-state index is 0.562. The predicted molar refractivity (Wildman–Crippen MR) is 107 cm³/mol. The van der Waals surface area contributed by atoms with Crippen molar-refractivity contribution in [1.82, 2.24) is 4.98 Å². The molecule has 0 aliphatic rings. The minimum atomic E-state index is -1.07. The van der Waals surface area contributed by atoms with E-state index in [2.05, 4.69) is 0 Å². The third-order valence-electron chi connectivity index (χ3n) is 4.41. The first-order valence-electron chi connectivity index (χ1n) is 8.40. The number of carboxylic acid groups (broad SMARTS) is 1. The van der Waals surface area contributed by atoms with E-state index in [4.69, 9.17) is 14.5 Å². The van der Waals surface area contributed by atoms with Gasteiger partial charge in [0.05, 0.1) is 24.8 Å². The van der Waals surface area contributed by atoms with Gasteiger partial charge in [0.25, 0.3) is 0 Å². The molecule has 0 amide bonds. The topological polar surface area (TPSA) is 68.7 Å². The maximum Gasteiger partial charge on any atom is 0.316 e. The van der Waals surface area contributed by atoms with Crippen LogP contribution in [-0.2, 0) is 10.2 Å². The van der Waals surface area contributed by atoms with Crippen LogP contribution in [0.3, 0.4) is 0 Å². The first kappa shape index (κ1) is 18.9. The number of benzene rings is 2. The molecule has 1 N–H and O–H groups in total. The summed E-state index contributed by atoms with van der Waals surface area (Å²) in [6.45, 7) is 3.34. The molecule has 5 nitrogen and oxygen atoms in total. The molecule has 1 aromatic heterocycles. The van der Waals surface area contributed by atoms with E-state index in [9.17, 15) is 9.90 Å². The number of hydrogen-bond donors (Lipinski definition) is 1. The van der Waals surface area contributed by atoms with Crippen LogP contribution in [0.1, 0.15) is 18.9 Å². The zero-order chi connectivity index (χ0) is 19.6. The van der Waals surface area contributed by atoms with Gasteiger partial charge in [0, 0.05) is 5.56 Å². The van der Waals surface area contributed by atoms with Gasteiger partial charge >= 0.3 is 5.97 Å². The number of rotatable bonds is 6. The van der Waals surface area contributed by atoms with E-state index in [1.54, 1.807) is 28.1 Å². The Bertz CT molecular complexity index is 878. The average molecular weight is 383 g/mol. The summed E-state index contributed by atoms with van der Waals surface area (Å²) in [5.74, 6) is 0.616. The molecule has 0 unspecified atom stereocenters. The molecule has 0 fully saturated rings. The molecule has 3 rings (SSSR count). The summed E-state index contributed by atoms with van der Waals surface area (Å²) in [6.07, 6.45) is 0. The van der Waals surface area contributed by atoms with Crippen molar-refractivity contribution >= 4 is 17.3 Å². The second kappa shape index (κ2) is 7.40. The number of nitrogens with zero attached hydrogens (tertiary/aromatic N) is 1. The van der Waals surface area contributed by atoms with Gasteiger partial charge in [-0.15, -0.1) is 11.3 Å². The van der Waals surface area contributed by atoms with Gasteiger partial charge in [-0.25, -0.2) is 4.98 Å². The van der Waals surface area contributed by atoms with Crippen LogP contribution < -0.4 is 9.47 Å². The van der Waals surface area contributed by atoms with E-state index in [0.717, 1.165) is 33.2 Å². The smallest absolute Gasteiger partial charge is 0.316 e. The van der Waals surface area contributed by atoms with Crippen LogP contribution in [-0.4, -0.2) is 30.3 Å². The van der Waals surface area contributed by atoms with Crippen LogP contribution in [0.5, 0.6) is 11.5 Å². The second-order valence-electron chi connectivity index (χ2n) is 6.58. The summed E-state index contributed by atoms with van der Waals surface area (Å²) in [5, 5.41) is 10.2. The third-order valence-corrected chi connectivity index (χ3v) is 5.84. The molecular formula is C21H21NO4S. The molecule has 0 spiro atoms. The van der Waals surface area contributed by atoms with Crippen molar-refractivity contribution < 1.29 is 19.4 Å². The van der Waals surface area contributed by atoms with Crippen molar-refractivity contribution in [3.8, 4) is 33.2 Å². The zero-order valence-electron chi connectivity index (χ0n) is 15.6. The Labute approximate surface area is 162 Å². The maximum atomic E-state index is 11.7. The molecule has 0 aliphatic heterocycles. The monoisotopic (exact) mass is 383 g/mol. The lowest BCUT2D eigenvalue weighted by Crippen LogP contribution is -2.28. The van der Waals surface area contributed by atoms with Crippen LogP contribution in [0, 0.1) is 0 Å². The molecule has 0 atom stereocenters. The molecule has 2 aromatic carbocycles. The maximum absolute atomic E-state index is 11.7. The van der Waals surface area contributed by atoms with Gasteiger partial charge in [-0.1, -0.05) is 0 Å². The number of carboxylic acids is 1. The Kier molecular flexibility index (Phi) is 5.19. The highest BCUT2D eigenvalue weighted by Crippen LogP contribution is 2.41. The molecule has 6 heteroatoms. The first-order valence-corrected chi connectivity index (χ1v) is 9.22. The molecule has 27 heavy (non-hydrogen) atoms. The van der Waals surface area contributed by atoms with Crippen LogP contribution in [0.2, 0.25) is 0 Å². The molecule has 0 radical (unpaired) electrons. The fourth-order valence-corrected chi connectivity index (χ4v) is 3.75. The molecule has 0 saturated heterocycles. The lowest BCUT2D eigenvalue weighted by Gasteiger charge is -2.15.